The number of hydrogen-bond acceptors (Lipinski definition) is 3. The van der Waals surface area contributed by atoms with Gasteiger partial charge in [0.2, 0.25) is 5.91 Å². The van der Waals surface area contributed by atoms with Gasteiger partial charge in [0.15, 0.2) is 5.78 Å². The molecule has 1 aromatic rings. The molecular weight excluding hydrogens is 240 g/mol. The molecule has 0 aromatic heterocycles. The number of nitrogens with zero attached hydrogens (tertiary/aromatic N) is 1. The lowest BCUT2D eigenvalue weighted by Gasteiger charge is -2.31. The van der Waals surface area contributed by atoms with Crippen LogP contribution in [0.3, 0.4) is 0 Å². The highest BCUT2D eigenvalue weighted by Crippen LogP contribution is 2.36. The fraction of sp³-hybridized carbons (Fsp3) is 0.333. The summed E-state index contributed by atoms with van der Waals surface area (Å²) in [6, 6.07) is 9.78. The van der Waals surface area contributed by atoms with Gasteiger partial charge in [-0.15, -0.1) is 0 Å². The SMILES string of the molecule is CC(=O)C1=C2NCCN2C(=O)CC1c1ccccc1. The van der Waals surface area contributed by atoms with Gasteiger partial charge in [0.1, 0.15) is 5.82 Å². The van der Waals surface area contributed by atoms with E-state index in [2.05, 4.69) is 5.32 Å². The number of nitrogens with one attached hydrogen (secondary N) is 1. The van der Waals surface area contributed by atoms with Gasteiger partial charge in [-0.1, -0.05) is 30.3 Å². The Kier molecular flexibility index (Phi) is 2.85. The van der Waals surface area contributed by atoms with Crippen LogP contribution in [0, 0.1) is 0 Å². The molecule has 1 amide bonds. The molecular formula is C15H16N2O2. The third kappa shape index (κ3) is 1.93. The van der Waals surface area contributed by atoms with E-state index in [1.54, 1.807) is 11.8 Å². The monoisotopic (exact) mass is 256 g/mol. The maximum absolute atomic E-state index is 12.2. The smallest absolute Gasteiger partial charge is 0.229 e. The minimum Gasteiger partial charge on any atom is -0.369 e. The van der Waals surface area contributed by atoms with Gasteiger partial charge in [0.05, 0.1) is 0 Å². The second-order valence-corrected chi connectivity index (χ2v) is 4.96. The van der Waals surface area contributed by atoms with E-state index >= 15 is 0 Å². The molecule has 2 aliphatic rings. The first kappa shape index (κ1) is 12.0. The van der Waals surface area contributed by atoms with Crippen LogP contribution in [-0.4, -0.2) is 29.7 Å². The second-order valence-electron chi connectivity index (χ2n) is 4.96. The molecule has 98 valence electrons. The molecule has 2 aliphatic heterocycles. The van der Waals surface area contributed by atoms with E-state index < -0.39 is 0 Å². The van der Waals surface area contributed by atoms with Gasteiger partial charge in [0.25, 0.3) is 0 Å². The van der Waals surface area contributed by atoms with E-state index in [-0.39, 0.29) is 17.6 Å². The van der Waals surface area contributed by atoms with Crippen LogP contribution in [0.15, 0.2) is 41.7 Å². The summed E-state index contributed by atoms with van der Waals surface area (Å²) in [5.41, 5.74) is 1.77. The normalized spacial score (nSPS) is 22.3. The summed E-state index contributed by atoms with van der Waals surface area (Å²) in [5.74, 6) is 0.732. The van der Waals surface area contributed by atoms with Gasteiger partial charge >= 0.3 is 0 Å². The molecule has 2 heterocycles. The Balaban J connectivity index is 2.11. The Morgan fingerprint density at radius 2 is 2.05 bits per heavy atom. The fourth-order valence-electron chi connectivity index (χ4n) is 2.92. The topological polar surface area (TPSA) is 49.4 Å². The molecule has 1 aromatic carbocycles. The molecule has 0 radical (unpaired) electrons. The number of amides is 1. The number of benzene rings is 1. The molecule has 1 fully saturated rings. The Labute approximate surface area is 112 Å². The molecule has 4 nitrogen and oxygen atoms in total. The standard InChI is InChI=1S/C15H16N2O2/c1-10(18)14-12(11-5-3-2-4-6-11)9-13(19)17-8-7-16-15(14)17/h2-6,12,16H,7-9H2,1H3. The first-order chi connectivity index (χ1) is 9.18. The van der Waals surface area contributed by atoms with Crippen LogP contribution in [0.4, 0.5) is 0 Å². The lowest BCUT2D eigenvalue weighted by atomic mass is 9.83. The van der Waals surface area contributed by atoms with E-state index in [1.165, 1.54) is 0 Å². The number of hydrogen-bond donors (Lipinski definition) is 1. The zero-order valence-electron chi connectivity index (χ0n) is 10.8. The van der Waals surface area contributed by atoms with Crippen LogP contribution in [0.2, 0.25) is 0 Å². The number of ketones is 1. The van der Waals surface area contributed by atoms with Crippen molar-refractivity contribution in [1.82, 2.24) is 10.2 Å². The number of fused-ring (bicyclic) bond motifs is 1. The second kappa shape index (κ2) is 4.53. The van der Waals surface area contributed by atoms with Gasteiger partial charge < -0.3 is 5.32 Å². The number of rotatable bonds is 2. The number of allylic oxidation sites excluding steroid dienone is 1. The van der Waals surface area contributed by atoms with Crippen molar-refractivity contribution in [3.05, 3.63) is 47.3 Å². The fourth-order valence-corrected chi connectivity index (χ4v) is 2.92. The van der Waals surface area contributed by atoms with Gasteiger partial charge in [0, 0.05) is 31.0 Å². The highest BCUT2D eigenvalue weighted by Gasteiger charge is 2.38. The average molecular weight is 256 g/mol. The number of Topliss-reactive ketones (excluding diaryl/α,β-unsaturated/α-hetero) is 1. The van der Waals surface area contributed by atoms with Gasteiger partial charge in [-0.2, -0.15) is 0 Å². The zero-order valence-corrected chi connectivity index (χ0v) is 10.8. The molecule has 3 rings (SSSR count). The van der Waals surface area contributed by atoms with Crippen LogP contribution in [0.25, 0.3) is 0 Å². The highest BCUT2D eigenvalue weighted by molar-refractivity contribution is 5.99. The van der Waals surface area contributed by atoms with Crippen molar-refractivity contribution in [2.45, 2.75) is 19.3 Å². The average Bonchev–Trinajstić information content (AvgIpc) is 2.88. The molecule has 0 saturated carbocycles. The molecule has 4 heteroatoms. The van der Waals surface area contributed by atoms with E-state index in [0.29, 0.717) is 13.0 Å². The van der Waals surface area contributed by atoms with Crippen molar-refractivity contribution >= 4 is 11.7 Å². The molecule has 1 N–H and O–H groups in total. The van der Waals surface area contributed by atoms with Crippen molar-refractivity contribution in [1.29, 1.82) is 0 Å². The first-order valence-corrected chi connectivity index (χ1v) is 6.53. The van der Waals surface area contributed by atoms with Gasteiger partial charge in [-0.05, 0) is 12.5 Å². The summed E-state index contributed by atoms with van der Waals surface area (Å²) in [5, 5.41) is 3.18. The maximum Gasteiger partial charge on any atom is 0.229 e. The van der Waals surface area contributed by atoms with E-state index in [0.717, 1.165) is 23.5 Å². The molecule has 1 unspecified atom stereocenters. The molecule has 19 heavy (non-hydrogen) atoms. The van der Waals surface area contributed by atoms with Gasteiger partial charge in [-0.3, -0.25) is 14.5 Å². The van der Waals surface area contributed by atoms with E-state index in [1.807, 2.05) is 30.3 Å². The molecule has 0 aliphatic carbocycles. The number of carbonyl (C=O) groups excluding carboxylic acids is 2. The van der Waals surface area contributed by atoms with Crippen LogP contribution in [0.1, 0.15) is 24.8 Å². The van der Waals surface area contributed by atoms with E-state index in [4.69, 9.17) is 0 Å². The summed E-state index contributed by atoms with van der Waals surface area (Å²) in [6.45, 7) is 2.96. The van der Waals surface area contributed by atoms with Crippen LogP contribution in [-0.2, 0) is 9.59 Å². The van der Waals surface area contributed by atoms with Crippen molar-refractivity contribution < 1.29 is 9.59 Å². The molecule has 1 saturated heterocycles. The van der Waals surface area contributed by atoms with Crippen LogP contribution < -0.4 is 5.32 Å². The van der Waals surface area contributed by atoms with Crippen LogP contribution >= 0.6 is 0 Å². The predicted molar refractivity (Wildman–Crippen MR) is 71.2 cm³/mol. The van der Waals surface area contributed by atoms with Gasteiger partial charge in [-0.25, -0.2) is 0 Å². The van der Waals surface area contributed by atoms with Crippen molar-refractivity contribution in [3.8, 4) is 0 Å². The minimum atomic E-state index is -0.122. The molecule has 0 spiro atoms. The Morgan fingerprint density at radius 3 is 2.74 bits per heavy atom. The third-order valence-electron chi connectivity index (χ3n) is 3.76. The summed E-state index contributed by atoms with van der Waals surface area (Å²) in [7, 11) is 0. The largest absolute Gasteiger partial charge is 0.369 e. The Morgan fingerprint density at radius 1 is 1.32 bits per heavy atom. The van der Waals surface area contributed by atoms with Crippen molar-refractivity contribution in [2.75, 3.05) is 13.1 Å². The number of carbonyl (C=O) groups is 2. The first-order valence-electron chi connectivity index (χ1n) is 6.53. The lowest BCUT2D eigenvalue weighted by molar-refractivity contribution is -0.129. The van der Waals surface area contributed by atoms with Crippen LogP contribution in [0.5, 0.6) is 0 Å². The Hall–Kier alpha value is -2.10. The molecule has 0 bridgehead atoms. The highest BCUT2D eigenvalue weighted by atomic mass is 16.2. The Bertz CT molecular complexity index is 563. The minimum absolute atomic E-state index is 0.0377. The summed E-state index contributed by atoms with van der Waals surface area (Å²) in [4.78, 5) is 25.9. The van der Waals surface area contributed by atoms with Crippen molar-refractivity contribution in [3.63, 3.8) is 0 Å². The quantitative estimate of drug-likeness (QED) is 0.870. The summed E-state index contributed by atoms with van der Waals surface area (Å²) in [6.07, 6.45) is 0.379. The predicted octanol–water partition coefficient (Wildman–Crippen LogP) is 1.41. The third-order valence-corrected chi connectivity index (χ3v) is 3.76. The zero-order chi connectivity index (χ0) is 13.4. The summed E-state index contributed by atoms with van der Waals surface area (Å²) >= 11 is 0. The molecule has 1 atom stereocenters. The van der Waals surface area contributed by atoms with E-state index in [9.17, 15) is 9.59 Å². The maximum atomic E-state index is 12.2. The lowest BCUT2D eigenvalue weighted by Crippen LogP contribution is -2.37. The van der Waals surface area contributed by atoms with Crippen molar-refractivity contribution in [2.24, 2.45) is 0 Å². The summed E-state index contributed by atoms with van der Waals surface area (Å²) < 4.78 is 0.